The average molecular weight is 748 g/mol. The number of imide groups is 1. The van der Waals surface area contributed by atoms with Gasteiger partial charge in [0.25, 0.3) is 0 Å². The van der Waals surface area contributed by atoms with Crippen molar-refractivity contribution in [2.24, 2.45) is 29.6 Å². The lowest BCUT2D eigenvalue weighted by molar-refractivity contribution is -0.137. The number of rotatable bonds is 5. The monoisotopic (exact) mass is 746 g/mol. The molecule has 4 aromatic rings. The zero-order valence-corrected chi connectivity index (χ0v) is 27.6. The lowest BCUT2D eigenvalue weighted by Gasteiger charge is -2.43. The fourth-order valence-electron chi connectivity index (χ4n) is 8.19. The fourth-order valence-corrected chi connectivity index (χ4v) is 11.7. The summed E-state index contributed by atoms with van der Waals surface area (Å²) in [5.41, 5.74) is 0.285. The molecule has 1 saturated heterocycles. The molecule has 8 rings (SSSR count). The molecular formula is C33H23BrClF3N2O4S2. The number of nitrogens with one attached hydrogen (secondary N) is 1. The molecule has 236 valence electrons. The Morgan fingerprint density at radius 3 is 2.50 bits per heavy atom. The number of amides is 2. The van der Waals surface area contributed by atoms with E-state index in [-0.39, 0.29) is 40.4 Å². The van der Waals surface area contributed by atoms with Crippen LogP contribution in [0.5, 0.6) is 5.75 Å². The highest BCUT2D eigenvalue weighted by atomic mass is 79.9. The van der Waals surface area contributed by atoms with Gasteiger partial charge in [-0.25, -0.2) is 4.90 Å². The number of alkyl halides is 3. The van der Waals surface area contributed by atoms with Crippen LogP contribution < -0.4 is 14.5 Å². The standard InChI is InChI=1S/C33H23BrClF3N2O4S2/c34-15-8-9-22(44-13-14-4-3-5-16(35)10-14)17(11-15)23-24-18-12-19(27(24)45-29-28(23)46-32(43)39-29)26-25(18)30(41)40(31(26)42)21-7-2-1-6-20(21)33(36,37)38/h1-11,18-19,23-27H,12-13H2,(H,39,43)/t18-,19-,23?,24?,25?,26?,27?/m1/s1. The van der Waals surface area contributed by atoms with Gasteiger partial charge in [0.15, 0.2) is 0 Å². The Hall–Kier alpha value is -3.06. The number of carbonyl (C=O) groups excluding carboxylic acids is 2. The van der Waals surface area contributed by atoms with Crippen molar-refractivity contribution in [1.29, 1.82) is 0 Å². The number of anilines is 1. The van der Waals surface area contributed by atoms with E-state index < -0.39 is 41.1 Å². The van der Waals surface area contributed by atoms with Crippen LogP contribution in [-0.2, 0) is 22.4 Å². The van der Waals surface area contributed by atoms with Crippen molar-refractivity contribution in [1.82, 2.24) is 4.98 Å². The minimum Gasteiger partial charge on any atom is -0.489 e. The first-order valence-corrected chi connectivity index (χ1v) is 17.5. The second-order valence-corrected chi connectivity index (χ2v) is 15.6. The predicted octanol–water partition coefficient (Wildman–Crippen LogP) is 8.13. The smallest absolute Gasteiger partial charge is 0.418 e. The second-order valence-electron chi connectivity index (χ2n) is 12.1. The van der Waals surface area contributed by atoms with Crippen molar-refractivity contribution in [2.75, 3.05) is 4.90 Å². The van der Waals surface area contributed by atoms with Gasteiger partial charge in [0.1, 0.15) is 12.4 Å². The molecule has 3 heterocycles. The summed E-state index contributed by atoms with van der Waals surface area (Å²) >= 11 is 12.4. The van der Waals surface area contributed by atoms with E-state index in [1.807, 2.05) is 36.4 Å². The second kappa shape index (κ2) is 11.0. The molecule has 2 aliphatic heterocycles. The molecule has 6 nitrogen and oxygen atoms in total. The predicted molar refractivity (Wildman–Crippen MR) is 172 cm³/mol. The SMILES string of the molecule is O=C1C2C(C(=O)N1c1ccccc1C(F)(F)F)[C@@H]1C[C@H]2C2Sc3[nH]c(=O)sc3C(c3cc(Br)ccc3OCc3cccc(Cl)c3)C21. The molecule has 1 aromatic heterocycles. The van der Waals surface area contributed by atoms with Crippen LogP contribution in [0.3, 0.4) is 0 Å². The summed E-state index contributed by atoms with van der Waals surface area (Å²) in [5.74, 6) is -3.04. The number of hydrogen-bond donors (Lipinski definition) is 1. The Morgan fingerprint density at radius 2 is 1.74 bits per heavy atom. The van der Waals surface area contributed by atoms with Crippen LogP contribution in [0, 0.1) is 29.6 Å². The molecule has 4 aliphatic rings. The first kappa shape index (κ1) is 30.3. The zero-order valence-electron chi connectivity index (χ0n) is 23.6. The summed E-state index contributed by atoms with van der Waals surface area (Å²) in [7, 11) is 0. The van der Waals surface area contributed by atoms with Crippen LogP contribution in [-0.4, -0.2) is 22.0 Å². The maximum absolute atomic E-state index is 14.1. The van der Waals surface area contributed by atoms with Crippen LogP contribution in [0.1, 0.15) is 33.9 Å². The molecule has 7 atom stereocenters. The molecule has 2 saturated carbocycles. The third kappa shape index (κ3) is 4.70. The molecule has 0 spiro atoms. The van der Waals surface area contributed by atoms with Gasteiger partial charge >= 0.3 is 11.0 Å². The molecule has 0 radical (unpaired) electrons. The van der Waals surface area contributed by atoms with E-state index >= 15 is 0 Å². The van der Waals surface area contributed by atoms with Crippen molar-refractivity contribution >= 4 is 68.1 Å². The van der Waals surface area contributed by atoms with Gasteiger partial charge in [-0.2, -0.15) is 13.2 Å². The molecule has 2 aliphatic carbocycles. The largest absolute Gasteiger partial charge is 0.489 e. The number of thioether (sulfide) groups is 1. The van der Waals surface area contributed by atoms with E-state index in [9.17, 15) is 27.6 Å². The lowest BCUT2D eigenvalue weighted by Crippen LogP contribution is -2.42. The number of H-pyrrole nitrogens is 1. The highest BCUT2D eigenvalue weighted by Crippen LogP contribution is 2.69. The maximum Gasteiger partial charge on any atom is 0.418 e. The number of thiazole rings is 1. The average Bonchev–Trinajstić information content (AvgIpc) is 3.75. The minimum atomic E-state index is -4.73. The van der Waals surface area contributed by atoms with Crippen LogP contribution >= 0.6 is 50.6 Å². The third-order valence-corrected chi connectivity index (χ3v) is 13.1. The number of ether oxygens (including phenoxy) is 1. The van der Waals surface area contributed by atoms with Gasteiger partial charge in [-0.05, 0) is 72.2 Å². The molecule has 3 fully saturated rings. The van der Waals surface area contributed by atoms with Gasteiger partial charge < -0.3 is 9.72 Å². The number of aromatic nitrogens is 1. The van der Waals surface area contributed by atoms with Crippen LogP contribution in [0.15, 0.2) is 81.0 Å². The van der Waals surface area contributed by atoms with Gasteiger partial charge in [-0.15, -0.1) is 11.8 Å². The number of para-hydroxylation sites is 1. The Balaban J connectivity index is 1.20. The lowest BCUT2D eigenvalue weighted by atomic mass is 9.68. The van der Waals surface area contributed by atoms with Crippen molar-refractivity contribution in [3.05, 3.63) is 107 Å². The summed E-state index contributed by atoms with van der Waals surface area (Å²) in [6.07, 6.45) is -4.13. The molecule has 3 aromatic carbocycles. The molecule has 2 bridgehead atoms. The number of hydrogen-bond acceptors (Lipinski definition) is 6. The van der Waals surface area contributed by atoms with Crippen molar-refractivity contribution in [2.45, 2.75) is 35.4 Å². The van der Waals surface area contributed by atoms with E-state index in [1.54, 1.807) is 6.07 Å². The maximum atomic E-state index is 14.1. The van der Waals surface area contributed by atoms with Crippen molar-refractivity contribution in [3.63, 3.8) is 0 Å². The highest BCUT2D eigenvalue weighted by Gasteiger charge is 2.70. The quantitative estimate of drug-likeness (QED) is 0.209. The van der Waals surface area contributed by atoms with E-state index in [4.69, 9.17) is 16.3 Å². The molecule has 2 amide bonds. The van der Waals surface area contributed by atoms with Gasteiger partial charge in [0.05, 0.1) is 28.1 Å². The summed E-state index contributed by atoms with van der Waals surface area (Å²) in [6.45, 7) is 0.248. The summed E-state index contributed by atoms with van der Waals surface area (Å²) in [5, 5.41) is 1.18. The highest BCUT2D eigenvalue weighted by molar-refractivity contribution is 9.10. The molecule has 5 unspecified atom stereocenters. The Morgan fingerprint density at radius 1 is 0.978 bits per heavy atom. The van der Waals surface area contributed by atoms with E-state index in [0.717, 1.165) is 47.8 Å². The number of fused-ring (bicyclic) bond motifs is 9. The van der Waals surface area contributed by atoms with Crippen LogP contribution in [0.2, 0.25) is 5.02 Å². The fraction of sp³-hybridized carbons (Fsp3) is 0.303. The molecule has 13 heteroatoms. The summed E-state index contributed by atoms with van der Waals surface area (Å²) in [4.78, 5) is 45.1. The van der Waals surface area contributed by atoms with Gasteiger partial charge in [0.2, 0.25) is 11.8 Å². The Bertz CT molecular complexity index is 1980. The minimum absolute atomic E-state index is 0.136. The topological polar surface area (TPSA) is 79.5 Å². The first-order chi connectivity index (χ1) is 22.0. The summed E-state index contributed by atoms with van der Waals surface area (Å²) < 4.78 is 49.2. The van der Waals surface area contributed by atoms with E-state index in [0.29, 0.717) is 17.2 Å². The first-order valence-electron chi connectivity index (χ1n) is 14.6. The Kier molecular flexibility index (Phi) is 7.24. The van der Waals surface area contributed by atoms with Crippen molar-refractivity contribution in [3.8, 4) is 5.75 Å². The molecule has 1 N–H and O–H groups in total. The normalized spacial score (nSPS) is 27.9. The number of benzene rings is 3. The number of aromatic amines is 1. The van der Waals surface area contributed by atoms with Crippen LogP contribution in [0.4, 0.5) is 18.9 Å². The number of carbonyl (C=O) groups is 2. The number of halogens is 5. The zero-order chi connectivity index (χ0) is 32.1. The third-order valence-electron chi connectivity index (χ3n) is 9.76. The van der Waals surface area contributed by atoms with Gasteiger partial charge in [-0.3, -0.25) is 14.4 Å². The Labute approximate surface area is 282 Å². The van der Waals surface area contributed by atoms with E-state index in [2.05, 4.69) is 20.9 Å². The molecule has 46 heavy (non-hydrogen) atoms. The van der Waals surface area contributed by atoms with E-state index in [1.165, 1.54) is 30.0 Å². The van der Waals surface area contributed by atoms with Crippen LogP contribution in [0.25, 0.3) is 0 Å². The molecular weight excluding hydrogens is 725 g/mol. The van der Waals surface area contributed by atoms with Gasteiger partial charge in [-0.1, -0.05) is 63.1 Å². The van der Waals surface area contributed by atoms with Gasteiger partial charge in [0, 0.05) is 31.1 Å². The summed E-state index contributed by atoms with van der Waals surface area (Å²) in [6, 6.07) is 17.8. The number of nitrogens with zero attached hydrogens (tertiary/aromatic N) is 1. The van der Waals surface area contributed by atoms with Crippen molar-refractivity contribution < 1.29 is 27.5 Å².